The summed E-state index contributed by atoms with van der Waals surface area (Å²) in [6.07, 6.45) is 0. The molecule has 0 bridgehead atoms. The highest BCUT2D eigenvalue weighted by Gasteiger charge is 2.21. The fraction of sp³-hybridized carbons (Fsp3) is 0.231. The largest absolute Gasteiger partial charge is 0.496 e. The summed E-state index contributed by atoms with van der Waals surface area (Å²) in [7, 11) is 4.56. The first kappa shape index (κ1) is 24.2. The third kappa shape index (κ3) is 4.57. The summed E-state index contributed by atoms with van der Waals surface area (Å²) in [6, 6.07) is 14.1. The third-order valence-electron chi connectivity index (χ3n) is 5.78. The van der Waals surface area contributed by atoms with E-state index < -0.39 is 5.97 Å². The summed E-state index contributed by atoms with van der Waals surface area (Å²) in [5.41, 5.74) is 3.32. The minimum atomic E-state index is -0.609. The molecule has 0 unspecified atom stereocenters. The number of hydrogen-bond acceptors (Lipinski definition) is 7. The van der Waals surface area contributed by atoms with Crippen molar-refractivity contribution in [2.24, 2.45) is 7.05 Å². The van der Waals surface area contributed by atoms with Crippen molar-refractivity contribution < 1.29 is 14.3 Å². The number of pyridine rings is 1. The Balaban J connectivity index is 1.90. The zero-order valence-corrected chi connectivity index (χ0v) is 20.8. The van der Waals surface area contributed by atoms with Crippen molar-refractivity contribution in [1.29, 1.82) is 0 Å². The van der Waals surface area contributed by atoms with Crippen LogP contribution in [-0.4, -0.2) is 34.7 Å². The number of methoxy groups -OCH3 is 2. The molecule has 2 heterocycles. The van der Waals surface area contributed by atoms with Crippen molar-refractivity contribution in [3.63, 3.8) is 0 Å². The van der Waals surface area contributed by atoms with Gasteiger partial charge in [0, 0.05) is 12.6 Å². The van der Waals surface area contributed by atoms with Gasteiger partial charge in [-0.25, -0.2) is 14.8 Å². The van der Waals surface area contributed by atoms with Crippen LogP contribution in [-0.2, 0) is 11.8 Å². The molecule has 2 aromatic carbocycles. The number of halogens is 1. The maximum Gasteiger partial charge on any atom is 0.358 e. The second-order valence-corrected chi connectivity index (χ2v) is 8.53. The number of aryl methyl sites for hydroxylation is 1. The standard InChI is InChI=1S/C26H25ClN4O4/c1-14-12-17(15(2)28-19-10-11-21(27)29-23(19)26(33)35-5)22-18(13-14)25(32)31(3)24(30-22)16-8-6-7-9-20(16)34-4/h6-13,15,28H,1-5H3/t15-/m1/s1. The second-order valence-electron chi connectivity index (χ2n) is 8.14. The number of nitrogens with zero attached hydrogens (tertiary/aromatic N) is 3. The van der Waals surface area contributed by atoms with Crippen molar-refractivity contribution in [2.45, 2.75) is 19.9 Å². The van der Waals surface area contributed by atoms with Crippen LogP contribution in [0.4, 0.5) is 5.69 Å². The summed E-state index contributed by atoms with van der Waals surface area (Å²) < 4.78 is 11.9. The molecule has 1 atom stereocenters. The van der Waals surface area contributed by atoms with E-state index in [9.17, 15) is 9.59 Å². The van der Waals surface area contributed by atoms with Gasteiger partial charge in [-0.1, -0.05) is 29.8 Å². The number of rotatable bonds is 6. The van der Waals surface area contributed by atoms with E-state index in [1.54, 1.807) is 26.3 Å². The molecule has 0 saturated heterocycles. The summed E-state index contributed by atoms with van der Waals surface area (Å²) in [5.74, 6) is 0.492. The molecule has 4 rings (SSSR count). The predicted molar refractivity (Wildman–Crippen MR) is 136 cm³/mol. The minimum Gasteiger partial charge on any atom is -0.496 e. The highest BCUT2D eigenvalue weighted by Crippen LogP contribution is 2.32. The van der Waals surface area contributed by atoms with Gasteiger partial charge >= 0.3 is 5.97 Å². The van der Waals surface area contributed by atoms with E-state index in [-0.39, 0.29) is 22.4 Å². The monoisotopic (exact) mass is 492 g/mol. The first-order chi connectivity index (χ1) is 16.7. The van der Waals surface area contributed by atoms with Crippen LogP contribution in [0.3, 0.4) is 0 Å². The molecule has 9 heteroatoms. The van der Waals surface area contributed by atoms with Crippen LogP contribution >= 0.6 is 11.6 Å². The fourth-order valence-electron chi connectivity index (χ4n) is 4.07. The molecular formula is C26H25ClN4O4. The first-order valence-corrected chi connectivity index (χ1v) is 11.3. The Bertz CT molecular complexity index is 1500. The molecule has 8 nitrogen and oxygen atoms in total. The Kier molecular flexibility index (Phi) is 6.75. The topological polar surface area (TPSA) is 95.3 Å². The van der Waals surface area contributed by atoms with Crippen molar-refractivity contribution >= 4 is 34.2 Å². The number of fused-ring (bicyclic) bond motifs is 1. The molecule has 0 fully saturated rings. The van der Waals surface area contributed by atoms with E-state index in [1.165, 1.54) is 11.7 Å². The Morgan fingerprint density at radius 2 is 1.86 bits per heavy atom. The van der Waals surface area contributed by atoms with E-state index in [1.807, 2.05) is 50.2 Å². The maximum absolute atomic E-state index is 13.4. The number of hydrogen-bond donors (Lipinski definition) is 1. The lowest BCUT2D eigenvalue weighted by atomic mass is 10.0. The van der Waals surface area contributed by atoms with Crippen LogP contribution in [0.5, 0.6) is 5.75 Å². The zero-order chi connectivity index (χ0) is 25.3. The third-order valence-corrected chi connectivity index (χ3v) is 5.99. The second kappa shape index (κ2) is 9.76. The predicted octanol–water partition coefficient (Wildman–Crippen LogP) is 4.93. The molecule has 1 N–H and O–H groups in total. The van der Waals surface area contributed by atoms with Crippen LogP contribution < -0.4 is 15.6 Å². The zero-order valence-electron chi connectivity index (χ0n) is 20.0. The van der Waals surface area contributed by atoms with Gasteiger partial charge in [-0.3, -0.25) is 9.36 Å². The Labute approximate surface area is 207 Å². The number of nitrogens with one attached hydrogen (secondary N) is 1. The molecule has 0 saturated carbocycles. The van der Waals surface area contributed by atoms with Gasteiger partial charge in [0.15, 0.2) is 5.69 Å². The van der Waals surface area contributed by atoms with Gasteiger partial charge in [0.25, 0.3) is 5.56 Å². The number of benzene rings is 2. The molecule has 0 amide bonds. The van der Waals surface area contributed by atoms with Gasteiger partial charge in [0.2, 0.25) is 0 Å². The smallest absolute Gasteiger partial charge is 0.358 e. The molecular weight excluding hydrogens is 468 g/mol. The van der Waals surface area contributed by atoms with Crippen molar-refractivity contribution in [3.8, 4) is 17.1 Å². The Hall–Kier alpha value is -3.91. The minimum absolute atomic E-state index is 0.0717. The van der Waals surface area contributed by atoms with Crippen molar-refractivity contribution in [3.05, 3.63) is 80.9 Å². The first-order valence-electron chi connectivity index (χ1n) is 10.9. The average Bonchev–Trinajstić information content (AvgIpc) is 2.86. The molecule has 0 spiro atoms. The molecule has 180 valence electrons. The molecule has 35 heavy (non-hydrogen) atoms. The number of ether oxygens (including phenoxy) is 2. The van der Waals surface area contributed by atoms with E-state index in [4.69, 9.17) is 26.1 Å². The number of aromatic nitrogens is 3. The normalized spacial score (nSPS) is 11.8. The summed E-state index contributed by atoms with van der Waals surface area (Å²) in [4.78, 5) is 34.7. The highest BCUT2D eigenvalue weighted by atomic mass is 35.5. The van der Waals surface area contributed by atoms with Crippen molar-refractivity contribution in [2.75, 3.05) is 19.5 Å². The lowest BCUT2D eigenvalue weighted by Gasteiger charge is -2.20. The summed E-state index contributed by atoms with van der Waals surface area (Å²) in [6.45, 7) is 3.85. The van der Waals surface area contributed by atoms with Gasteiger partial charge < -0.3 is 14.8 Å². The van der Waals surface area contributed by atoms with E-state index in [0.717, 1.165) is 11.1 Å². The van der Waals surface area contributed by atoms with Crippen LogP contribution in [0.1, 0.15) is 34.6 Å². The van der Waals surface area contributed by atoms with Crippen LogP contribution in [0, 0.1) is 6.92 Å². The van der Waals surface area contributed by atoms with Crippen LogP contribution in [0.25, 0.3) is 22.3 Å². The average molecular weight is 493 g/mol. The maximum atomic E-state index is 13.4. The SMILES string of the molecule is COC(=O)c1nc(Cl)ccc1N[C@H](C)c1cc(C)cc2c(=O)n(C)c(-c3ccccc3OC)nc12. The quantitative estimate of drug-likeness (QED) is 0.301. The lowest BCUT2D eigenvalue weighted by molar-refractivity contribution is 0.0595. The Morgan fingerprint density at radius 3 is 2.57 bits per heavy atom. The fourth-order valence-corrected chi connectivity index (χ4v) is 4.22. The number of esters is 1. The van der Waals surface area contributed by atoms with E-state index >= 15 is 0 Å². The molecule has 2 aromatic heterocycles. The molecule has 0 aliphatic rings. The lowest BCUT2D eigenvalue weighted by Crippen LogP contribution is -2.22. The van der Waals surface area contributed by atoms with Crippen LogP contribution in [0.2, 0.25) is 5.15 Å². The van der Waals surface area contributed by atoms with Gasteiger partial charge in [-0.15, -0.1) is 0 Å². The molecule has 0 radical (unpaired) electrons. The van der Waals surface area contributed by atoms with Gasteiger partial charge in [-0.2, -0.15) is 0 Å². The van der Waals surface area contributed by atoms with Gasteiger partial charge in [0.1, 0.15) is 16.7 Å². The molecule has 0 aliphatic heterocycles. The van der Waals surface area contributed by atoms with Gasteiger partial charge in [0.05, 0.1) is 42.4 Å². The number of carbonyl (C=O) groups excluding carboxylic acids is 1. The van der Waals surface area contributed by atoms with E-state index in [2.05, 4.69) is 10.3 Å². The van der Waals surface area contributed by atoms with Crippen LogP contribution in [0.15, 0.2) is 53.3 Å². The number of anilines is 1. The molecule has 0 aliphatic carbocycles. The number of para-hydroxylation sites is 1. The van der Waals surface area contributed by atoms with Crippen molar-refractivity contribution in [1.82, 2.24) is 14.5 Å². The number of carbonyl (C=O) groups is 1. The summed E-state index contributed by atoms with van der Waals surface area (Å²) >= 11 is 6.00. The summed E-state index contributed by atoms with van der Waals surface area (Å²) in [5, 5.41) is 3.98. The van der Waals surface area contributed by atoms with E-state index in [0.29, 0.717) is 33.7 Å². The molecule has 4 aromatic rings. The van der Waals surface area contributed by atoms with Gasteiger partial charge in [-0.05, 0) is 49.7 Å². The Morgan fingerprint density at radius 1 is 1.11 bits per heavy atom. The highest BCUT2D eigenvalue weighted by molar-refractivity contribution is 6.29.